The van der Waals surface area contributed by atoms with E-state index in [0.717, 1.165) is 5.56 Å². The quantitative estimate of drug-likeness (QED) is 0.785. The molecule has 0 radical (unpaired) electrons. The molecule has 0 fully saturated rings. The standard InChI is InChI=1S/C13H15NO3S/c1-11-5-7-13(8-6-11)18(15,16)17-12-4-3-9-14(2)10-12/h3-9H,10H2,1-2H3. The largest absolute Gasteiger partial charge is 0.382 e. The minimum absolute atomic E-state index is 0.172. The van der Waals surface area contributed by atoms with E-state index in [9.17, 15) is 8.42 Å². The van der Waals surface area contributed by atoms with Gasteiger partial charge in [-0.05, 0) is 37.4 Å². The molecule has 0 amide bonds. The lowest BCUT2D eigenvalue weighted by atomic mass is 10.2. The maximum atomic E-state index is 12.0. The molecule has 5 heteroatoms. The molecule has 0 N–H and O–H groups in total. The molecule has 0 bridgehead atoms. The number of aryl methyl sites for hydroxylation is 1. The fraction of sp³-hybridized carbons (Fsp3) is 0.231. The van der Waals surface area contributed by atoms with Gasteiger partial charge in [-0.25, -0.2) is 0 Å². The monoisotopic (exact) mass is 265 g/mol. The van der Waals surface area contributed by atoms with Gasteiger partial charge >= 0.3 is 10.1 Å². The van der Waals surface area contributed by atoms with Crippen LogP contribution in [-0.4, -0.2) is 26.9 Å². The maximum absolute atomic E-state index is 12.0. The highest BCUT2D eigenvalue weighted by Crippen LogP contribution is 2.18. The molecule has 1 aliphatic rings. The Morgan fingerprint density at radius 2 is 1.89 bits per heavy atom. The van der Waals surface area contributed by atoms with Crippen LogP contribution in [0.1, 0.15) is 5.56 Å². The van der Waals surface area contributed by atoms with Gasteiger partial charge in [0.1, 0.15) is 10.7 Å². The molecule has 1 heterocycles. The zero-order valence-corrected chi connectivity index (χ0v) is 11.1. The molecule has 4 nitrogen and oxygen atoms in total. The van der Waals surface area contributed by atoms with E-state index in [1.165, 1.54) is 0 Å². The highest BCUT2D eigenvalue weighted by Gasteiger charge is 2.18. The summed E-state index contributed by atoms with van der Waals surface area (Å²) in [5, 5.41) is 0. The van der Waals surface area contributed by atoms with Crippen LogP contribution in [0, 0.1) is 6.92 Å². The third-order valence-corrected chi connectivity index (χ3v) is 3.84. The van der Waals surface area contributed by atoms with Gasteiger partial charge in [0.2, 0.25) is 0 Å². The molecule has 0 aliphatic carbocycles. The fourth-order valence-corrected chi connectivity index (χ4v) is 2.55. The van der Waals surface area contributed by atoms with Gasteiger partial charge in [0.15, 0.2) is 0 Å². The van der Waals surface area contributed by atoms with Crippen molar-refractivity contribution >= 4 is 10.1 Å². The van der Waals surface area contributed by atoms with Gasteiger partial charge in [-0.1, -0.05) is 17.7 Å². The van der Waals surface area contributed by atoms with Crippen LogP contribution in [0.2, 0.25) is 0 Å². The van der Waals surface area contributed by atoms with Crippen molar-refractivity contribution < 1.29 is 12.6 Å². The molecule has 1 aliphatic heterocycles. The second kappa shape index (κ2) is 4.86. The Labute approximate surface area is 107 Å². The molecule has 2 rings (SSSR count). The first-order chi connectivity index (χ1) is 8.47. The van der Waals surface area contributed by atoms with Crippen LogP contribution in [0.4, 0.5) is 0 Å². The van der Waals surface area contributed by atoms with Crippen LogP contribution in [0.25, 0.3) is 0 Å². The van der Waals surface area contributed by atoms with Crippen molar-refractivity contribution in [2.75, 3.05) is 13.6 Å². The zero-order valence-electron chi connectivity index (χ0n) is 10.3. The van der Waals surface area contributed by atoms with Crippen LogP contribution in [0.5, 0.6) is 0 Å². The Morgan fingerprint density at radius 1 is 1.22 bits per heavy atom. The number of hydrogen-bond donors (Lipinski definition) is 0. The van der Waals surface area contributed by atoms with Crippen molar-refractivity contribution in [3.8, 4) is 0 Å². The summed E-state index contributed by atoms with van der Waals surface area (Å²) in [5.74, 6) is 0.417. The summed E-state index contributed by atoms with van der Waals surface area (Å²) in [6, 6.07) is 6.59. The first-order valence-electron chi connectivity index (χ1n) is 5.56. The number of allylic oxidation sites excluding steroid dienone is 2. The van der Waals surface area contributed by atoms with E-state index in [0.29, 0.717) is 12.3 Å². The van der Waals surface area contributed by atoms with Crippen molar-refractivity contribution in [2.24, 2.45) is 0 Å². The third kappa shape index (κ3) is 2.92. The summed E-state index contributed by atoms with van der Waals surface area (Å²) >= 11 is 0. The molecule has 0 unspecified atom stereocenters. The van der Waals surface area contributed by atoms with Crippen molar-refractivity contribution in [2.45, 2.75) is 11.8 Å². The third-order valence-electron chi connectivity index (χ3n) is 2.55. The number of rotatable bonds is 3. The molecule has 96 valence electrons. The predicted molar refractivity (Wildman–Crippen MR) is 69.3 cm³/mol. The van der Waals surface area contributed by atoms with Crippen molar-refractivity contribution in [3.63, 3.8) is 0 Å². The summed E-state index contributed by atoms with van der Waals surface area (Å²) in [5.41, 5.74) is 1.01. The van der Waals surface area contributed by atoms with Gasteiger partial charge in [0.05, 0.1) is 6.54 Å². The van der Waals surface area contributed by atoms with Crippen LogP contribution in [0.3, 0.4) is 0 Å². The number of likely N-dealkylation sites (N-methyl/N-ethyl adjacent to an activating group) is 1. The number of benzene rings is 1. The number of hydrogen-bond acceptors (Lipinski definition) is 4. The summed E-state index contributed by atoms with van der Waals surface area (Å²) in [6.45, 7) is 2.35. The summed E-state index contributed by atoms with van der Waals surface area (Å²) in [7, 11) is -1.88. The average molecular weight is 265 g/mol. The lowest BCUT2D eigenvalue weighted by Gasteiger charge is -2.19. The average Bonchev–Trinajstić information content (AvgIpc) is 2.29. The van der Waals surface area contributed by atoms with E-state index in [4.69, 9.17) is 4.18 Å². The fourth-order valence-electron chi connectivity index (χ4n) is 1.60. The molecule has 0 saturated heterocycles. The van der Waals surface area contributed by atoms with Gasteiger partial charge < -0.3 is 9.08 Å². The predicted octanol–water partition coefficient (Wildman–Crippen LogP) is 2.04. The van der Waals surface area contributed by atoms with Gasteiger partial charge in [-0.15, -0.1) is 0 Å². The summed E-state index contributed by atoms with van der Waals surface area (Å²) in [4.78, 5) is 2.02. The van der Waals surface area contributed by atoms with E-state index in [2.05, 4.69) is 0 Å². The van der Waals surface area contributed by atoms with Crippen LogP contribution >= 0.6 is 0 Å². The molecular formula is C13H15NO3S. The number of nitrogens with zero attached hydrogens (tertiary/aromatic N) is 1. The minimum atomic E-state index is -3.73. The Bertz CT molecular complexity index is 585. The van der Waals surface area contributed by atoms with Gasteiger partial charge in [0, 0.05) is 7.05 Å². The topological polar surface area (TPSA) is 46.6 Å². The van der Waals surface area contributed by atoms with E-state index >= 15 is 0 Å². The minimum Gasteiger partial charge on any atom is -0.382 e. The molecule has 0 atom stereocenters. The van der Waals surface area contributed by atoms with Crippen LogP contribution in [0.15, 0.2) is 53.3 Å². The SMILES string of the molecule is Cc1ccc(S(=O)(=O)OC2=CC=CN(C)C2)cc1. The molecular weight excluding hydrogens is 250 g/mol. The maximum Gasteiger partial charge on any atom is 0.338 e. The molecule has 0 saturated carbocycles. The first-order valence-corrected chi connectivity index (χ1v) is 6.97. The van der Waals surface area contributed by atoms with E-state index < -0.39 is 10.1 Å². The second-order valence-electron chi connectivity index (χ2n) is 4.24. The second-order valence-corrected chi connectivity index (χ2v) is 5.79. The summed E-state index contributed by atoms with van der Waals surface area (Å²) in [6.07, 6.45) is 5.26. The van der Waals surface area contributed by atoms with Gasteiger partial charge in [0.25, 0.3) is 0 Å². The van der Waals surface area contributed by atoms with Crippen molar-refractivity contribution in [3.05, 3.63) is 53.9 Å². The molecule has 18 heavy (non-hydrogen) atoms. The van der Waals surface area contributed by atoms with Crippen molar-refractivity contribution in [1.29, 1.82) is 0 Å². The van der Waals surface area contributed by atoms with Gasteiger partial charge in [-0.2, -0.15) is 8.42 Å². The highest BCUT2D eigenvalue weighted by atomic mass is 32.2. The smallest absolute Gasteiger partial charge is 0.338 e. The Hall–Kier alpha value is -1.75. The zero-order chi connectivity index (χ0) is 13.2. The highest BCUT2D eigenvalue weighted by molar-refractivity contribution is 7.86. The Kier molecular flexibility index (Phi) is 3.43. The lowest BCUT2D eigenvalue weighted by molar-refractivity contribution is 0.347. The Morgan fingerprint density at radius 3 is 2.50 bits per heavy atom. The molecule has 0 aromatic heterocycles. The van der Waals surface area contributed by atoms with E-state index in [1.807, 2.05) is 25.1 Å². The van der Waals surface area contributed by atoms with E-state index in [1.54, 1.807) is 36.4 Å². The van der Waals surface area contributed by atoms with Crippen molar-refractivity contribution in [1.82, 2.24) is 4.90 Å². The normalized spacial score (nSPS) is 15.4. The lowest BCUT2D eigenvalue weighted by Crippen LogP contribution is -2.20. The summed E-state index contributed by atoms with van der Waals surface area (Å²) < 4.78 is 29.1. The van der Waals surface area contributed by atoms with E-state index in [-0.39, 0.29) is 4.90 Å². The van der Waals surface area contributed by atoms with Gasteiger partial charge in [-0.3, -0.25) is 0 Å². The molecule has 1 aromatic rings. The van der Waals surface area contributed by atoms with Crippen LogP contribution in [-0.2, 0) is 14.3 Å². The Balaban J connectivity index is 2.20. The first kappa shape index (κ1) is 12.7. The molecule has 0 spiro atoms. The van der Waals surface area contributed by atoms with Crippen LogP contribution < -0.4 is 0 Å². The molecule has 1 aromatic carbocycles.